The molecule has 0 radical (unpaired) electrons. The smallest absolute Gasteiger partial charge is 0.363 e. The van der Waals surface area contributed by atoms with E-state index in [-0.39, 0.29) is 17.0 Å². The maximum Gasteiger partial charge on any atom is 0.363 e. The predicted octanol–water partition coefficient (Wildman–Crippen LogP) is 4.73. The fourth-order valence-corrected chi connectivity index (χ4v) is 2.69. The summed E-state index contributed by atoms with van der Waals surface area (Å²) in [5.74, 6) is 0.472. The molecule has 4 heteroatoms. The number of carbonyl (C=O) groups is 1. The van der Waals surface area contributed by atoms with Gasteiger partial charge >= 0.3 is 5.97 Å². The first kappa shape index (κ1) is 17.9. The summed E-state index contributed by atoms with van der Waals surface area (Å²) in [6.07, 6.45) is 1.74. The third-order valence-corrected chi connectivity index (χ3v) is 4.12. The molecule has 0 saturated heterocycles. The van der Waals surface area contributed by atoms with E-state index in [2.05, 4.69) is 37.9 Å². The van der Waals surface area contributed by atoms with Crippen molar-refractivity contribution in [1.29, 1.82) is 0 Å². The summed E-state index contributed by atoms with van der Waals surface area (Å²) in [5, 5.41) is 0. The molecule has 1 heterocycles. The minimum absolute atomic E-state index is 0.0896. The molecule has 0 amide bonds. The standard InChI is InChI=1S/C22H23NO3/c1-5-25-19-9-7-6-8-17(19)20-23-18(21(24)26-20)14-15-10-12-16(13-11-15)22(2,3)4/h6-14H,5H2,1-4H3/b18-14+. The van der Waals surface area contributed by atoms with Crippen LogP contribution in [-0.2, 0) is 14.9 Å². The molecule has 2 aromatic rings. The quantitative estimate of drug-likeness (QED) is 0.592. The van der Waals surface area contributed by atoms with Crippen molar-refractivity contribution in [3.05, 3.63) is 70.9 Å². The fraction of sp³-hybridized carbons (Fsp3) is 0.273. The van der Waals surface area contributed by atoms with E-state index in [0.29, 0.717) is 17.9 Å². The average molecular weight is 349 g/mol. The van der Waals surface area contributed by atoms with Gasteiger partial charge in [-0.3, -0.25) is 0 Å². The van der Waals surface area contributed by atoms with Gasteiger partial charge in [-0.2, -0.15) is 0 Å². The molecular formula is C22H23NO3. The highest BCUT2D eigenvalue weighted by Crippen LogP contribution is 2.26. The molecule has 1 aliphatic rings. The van der Waals surface area contributed by atoms with E-state index in [4.69, 9.17) is 9.47 Å². The van der Waals surface area contributed by atoms with Gasteiger partial charge in [0.1, 0.15) is 5.75 Å². The Morgan fingerprint density at radius 2 is 1.77 bits per heavy atom. The molecule has 0 spiro atoms. The Morgan fingerprint density at radius 1 is 1.08 bits per heavy atom. The molecule has 4 nitrogen and oxygen atoms in total. The molecule has 3 rings (SSSR count). The fourth-order valence-electron chi connectivity index (χ4n) is 2.69. The van der Waals surface area contributed by atoms with E-state index in [1.54, 1.807) is 6.08 Å². The van der Waals surface area contributed by atoms with E-state index in [1.165, 1.54) is 5.56 Å². The van der Waals surface area contributed by atoms with Crippen molar-refractivity contribution in [2.45, 2.75) is 33.1 Å². The SMILES string of the molecule is CCOc1ccccc1C1=N/C(=C/c2ccc(C(C)(C)C)cc2)C(=O)O1. The van der Waals surface area contributed by atoms with E-state index < -0.39 is 5.97 Å². The van der Waals surface area contributed by atoms with Gasteiger partial charge in [-0.05, 0) is 41.7 Å². The van der Waals surface area contributed by atoms with Crippen molar-refractivity contribution in [3.63, 3.8) is 0 Å². The number of nitrogens with zero attached hydrogens (tertiary/aromatic N) is 1. The third kappa shape index (κ3) is 3.85. The van der Waals surface area contributed by atoms with Gasteiger partial charge in [-0.25, -0.2) is 9.79 Å². The Bertz CT molecular complexity index is 871. The van der Waals surface area contributed by atoms with Crippen LogP contribution in [0.2, 0.25) is 0 Å². The number of benzene rings is 2. The van der Waals surface area contributed by atoms with Gasteiger partial charge < -0.3 is 9.47 Å². The molecule has 0 saturated carbocycles. The van der Waals surface area contributed by atoms with Gasteiger partial charge in [0.15, 0.2) is 5.70 Å². The first-order valence-corrected chi connectivity index (χ1v) is 8.74. The molecule has 0 aliphatic carbocycles. The molecule has 134 valence electrons. The van der Waals surface area contributed by atoms with Crippen molar-refractivity contribution in [2.24, 2.45) is 4.99 Å². The lowest BCUT2D eigenvalue weighted by molar-refractivity contribution is -0.129. The maximum absolute atomic E-state index is 12.2. The van der Waals surface area contributed by atoms with E-state index in [1.807, 2.05) is 43.3 Å². The second-order valence-corrected chi connectivity index (χ2v) is 7.14. The number of carbonyl (C=O) groups excluding carboxylic acids is 1. The van der Waals surface area contributed by atoms with Crippen LogP contribution in [0.4, 0.5) is 0 Å². The highest BCUT2D eigenvalue weighted by molar-refractivity contribution is 6.13. The van der Waals surface area contributed by atoms with Crippen molar-refractivity contribution in [1.82, 2.24) is 0 Å². The van der Waals surface area contributed by atoms with Gasteiger partial charge in [0, 0.05) is 0 Å². The van der Waals surface area contributed by atoms with Crippen molar-refractivity contribution in [2.75, 3.05) is 6.61 Å². The minimum atomic E-state index is -0.453. The van der Waals surface area contributed by atoms with Gasteiger partial charge in [-0.15, -0.1) is 0 Å². The van der Waals surface area contributed by atoms with Crippen LogP contribution in [0.3, 0.4) is 0 Å². The Hall–Kier alpha value is -2.88. The zero-order valence-corrected chi connectivity index (χ0v) is 15.6. The lowest BCUT2D eigenvalue weighted by atomic mass is 9.87. The summed E-state index contributed by atoms with van der Waals surface area (Å²) in [5.41, 5.74) is 3.20. The second-order valence-electron chi connectivity index (χ2n) is 7.14. The summed E-state index contributed by atoms with van der Waals surface area (Å²) in [6, 6.07) is 15.5. The molecular weight excluding hydrogens is 326 g/mol. The molecule has 0 atom stereocenters. The molecule has 1 aliphatic heterocycles. The van der Waals surface area contributed by atoms with E-state index in [0.717, 1.165) is 5.56 Å². The lowest BCUT2D eigenvalue weighted by Crippen LogP contribution is -2.10. The van der Waals surface area contributed by atoms with Crippen LogP contribution >= 0.6 is 0 Å². The van der Waals surface area contributed by atoms with Crippen LogP contribution < -0.4 is 4.74 Å². The molecule has 0 unspecified atom stereocenters. The highest BCUT2D eigenvalue weighted by atomic mass is 16.6. The number of hydrogen-bond acceptors (Lipinski definition) is 4. The first-order chi connectivity index (χ1) is 12.4. The summed E-state index contributed by atoms with van der Waals surface area (Å²) in [4.78, 5) is 16.6. The summed E-state index contributed by atoms with van der Waals surface area (Å²) in [7, 11) is 0. The van der Waals surface area contributed by atoms with Crippen LogP contribution in [-0.4, -0.2) is 18.5 Å². The number of para-hydroxylation sites is 1. The van der Waals surface area contributed by atoms with Crippen LogP contribution in [0.15, 0.2) is 59.2 Å². The number of aliphatic imine (C=N–C) groups is 1. The van der Waals surface area contributed by atoms with Crippen LogP contribution in [0.5, 0.6) is 5.75 Å². The highest BCUT2D eigenvalue weighted by Gasteiger charge is 2.26. The van der Waals surface area contributed by atoms with Gasteiger partial charge in [-0.1, -0.05) is 57.2 Å². The van der Waals surface area contributed by atoms with Crippen LogP contribution in [0.1, 0.15) is 44.4 Å². The summed E-state index contributed by atoms with van der Waals surface area (Å²) in [6.45, 7) is 8.94. The zero-order chi connectivity index (χ0) is 18.7. The Morgan fingerprint density at radius 3 is 2.42 bits per heavy atom. The predicted molar refractivity (Wildman–Crippen MR) is 103 cm³/mol. The van der Waals surface area contributed by atoms with Crippen molar-refractivity contribution in [3.8, 4) is 5.75 Å². The van der Waals surface area contributed by atoms with Crippen LogP contribution in [0.25, 0.3) is 6.08 Å². The normalized spacial score (nSPS) is 15.8. The topological polar surface area (TPSA) is 47.9 Å². The molecule has 26 heavy (non-hydrogen) atoms. The zero-order valence-electron chi connectivity index (χ0n) is 15.6. The number of ether oxygens (including phenoxy) is 2. The number of cyclic esters (lactones) is 1. The number of hydrogen-bond donors (Lipinski definition) is 0. The van der Waals surface area contributed by atoms with Gasteiger partial charge in [0.05, 0.1) is 12.2 Å². The first-order valence-electron chi connectivity index (χ1n) is 8.74. The van der Waals surface area contributed by atoms with Gasteiger partial charge in [0.2, 0.25) is 5.90 Å². The van der Waals surface area contributed by atoms with Crippen LogP contribution in [0, 0.1) is 0 Å². The van der Waals surface area contributed by atoms with Crippen molar-refractivity contribution < 1.29 is 14.3 Å². The third-order valence-electron chi connectivity index (χ3n) is 4.12. The largest absolute Gasteiger partial charge is 0.493 e. The lowest BCUT2D eigenvalue weighted by Gasteiger charge is -2.18. The Labute approximate surface area is 154 Å². The maximum atomic E-state index is 12.2. The van der Waals surface area contributed by atoms with Crippen molar-refractivity contribution >= 4 is 17.9 Å². The number of esters is 1. The second kappa shape index (κ2) is 7.16. The molecule has 0 aromatic heterocycles. The molecule has 0 bridgehead atoms. The molecule has 2 aromatic carbocycles. The average Bonchev–Trinajstić information content (AvgIpc) is 2.96. The summed E-state index contributed by atoms with van der Waals surface area (Å²) < 4.78 is 11.0. The van der Waals surface area contributed by atoms with E-state index >= 15 is 0 Å². The molecule has 0 N–H and O–H groups in total. The Kier molecular flexibility index (Phi) is 4.94. The monoisotopic (exact) mass is 349 g/mol. The summed E-state index contributed by atoms with van der Waals surface area (Å²) >= 11 is 0. The van der Waals surface area contributed by atoms with Gasteiger partial charge in [0.25, 0.3) is 0 Å². The van der Waals surface area contributed by atoms with E-state index in [9.17, 15) is 4.79 Å². The minimum Gasteiger partial charge on any atom is -0.493 e. The molecule has 0 fully saturated rings. The Balaban J connectivity index is 1.90. The number of rotatable bonds is 4.